The maximum Gasteiger partial charge on any atom is 0.321 e. The lowest BCUT2D eigenvalue weighted by molar-refractivity contribution is -0.145. The molecule has 1 atom stereocenters. The number of nitrogens with one attached hydrogen (secondary N) is 2. The van der Waals surface area contributed by atoms with Gasteiger partial charge < -0.3 is 10.4 Å². The number of carbonyl (C=O) groups is 3. The monoisotopic (exact) mass is 285 g/mol. The number of urea groups is 1. The van der Waals surface area contributed by atoms with Gasteiger partial charge in [0.2, 0.25) is 5.91 Å². The van der Waals surface area contributed by atoms with Crippen LogP contribution in [0.5, 0.6) is 0 Å². The number of carbonyl (C=O) groups excluding carboxylic acids is 2. The van der Waals surface area contributed by atoms with E-state index in [2.05, 4.69) is 10.6 Å². The third kappa shape index (κ3) is 5.16. The molecule has 3 N–H and O–H groups in total. The molecule has 7 heteroatoms. The Morgan fingerprint density at radius 3 is 2.35 bits per heavy atom. The highest BCUT2D eigenvalue weighted by Crippen LogP contribution is 2.23. The summed E-state index contributed by atoms with van der Waals surface area (Å²) in [5.41, 5.74) is 0. The average Bonchev–Trinajstić information content (AvgIpc) is 2.29. The predicted octanol–water partition coefficient (Wildman–Crippen LogP) is 0.121. The molecule has 1 aliphatic heterocycles. The van der Waals surface area contributed by atoms with Gasteiger partial charge in [0.15, 0.2) is 0 Å². The Kier molecular flexibility index (Phi) is 5.94. The molecule has 20 heavy (non-hydrogen) atoms. The maximum absolute atomic E-state index is 11.6. The molecule has 0 aromatic heterocycles. The van der Waals surface area contributed by atoms with Crippen LogP contribution >= 0.6 is 0 Å². The molecule has 0 aromatic rings. The number of hydrogen-bond acceptors (Lipinski definition) is 4. The Morgan fingerprint density at radius 2 is 1.85 bits per heavy atom. The molecule has 1 saturated heterocycles. The molecular formula is C13H23N3O4. The van der Waals surface area contributed by atoms with Gasteiger partial charge in [-0.05, 0) is 11.8 Å². The van der Waals surface area contributed by atoms with Crippen LogP contribution in [0.1, 0.15) is 20.8 Å². The van der Waals surface area contributed by atoms with Gasteiger partial charge in [-0.1, -0.05) is 20.8 Å². The van der Waals surface area contributed by atoms with E-state index < -0.39 is 17.9 Å². The van der Waals surface area contributed by atoms with Crippen molar-refractivity contribution in [3.8, 4) is 0 Å². The maximum atomic E-state index is 11.6. The van der Waals surface area contributed by atoms with Gasteiger partial charge in [-0.3, -0.25) is 19.8 Å². The number of carboxylic acid groups (broad SMARTS) is 1. The molecule has 1 rings (SSSR count). The Morgan fingerprint density at radius 1 is 1.25 bits per heavy atom. The largest absolute Gasteiger partial charge is 0.481 e. The van der Waals surface area contributed by atoms with Gasteiger partial charge in [0.25, 0.3) is 0 Å². The second-order valence-electron chi connectivity index (χ2n) is 5.73. The number of likely N-dealkylation sites (tertiary alicyclic amines) is 1. The van der Waals surface area contributed by atoms with E-state index in [4.69, 9.17) is 5.11 Å². The highest BCUT2D eigenvalue weighted by atomic mass is 16.4. The van der Waals surface area contributed by atoms with E-state index in [0.717, 1.165) is 0 Å². The van der Waals surface area contributed by atoms with Crippen LogP contribution in [-0.4, -0.2) is 54.1 Å². The predicted molar refractivity (Wildman–Crippen MR) is 73.1 cm³/mol. The average molecular weight is 285 g/mol. The van der Waals surface area contributed by atoms with Crippen molar-refractivity contribution in [2.45, 2.75) is 20.8 Å². The minimum absolute atomic E-state index is 0.0788. The van der Waals surface area contributed by atoms with Gasteiger partial charge in [0.05, 0.1) is 12.5 Å². The second-order valence-corrected chi connectivity index (χ2v) is 5.73. The summed E-state index contributed by atoms with van der Waals surface area (Å²) in [5.74, 6) is -1.18. The van der Waals surface area contributed by atoms with Crippen LogP contribution in [0, 0.1) is 17.8 Å². The second kappa shape index (κ2) is 7.23. The van der Waals surface area contributed by atoms with Crippen LogP contribution in [-0.2, 0) is 9.59 Å². The summed E-state index contributed by atoms with van der Waals surface area (Å²) < 4.78 is 0. The van der Waals surface area contributed by atoms with Gasteiger partial charge in [-0.15, -0.1) is 0 Å². The van der Waals surface area contributed by atoms with Crippen LogP contribution in [0.3, 0.4) is 0 Å². The summed E-state index contributed by atoms with van der Waals surface area (Å²) in [7, 11) is 0. The normalized spacial score (nSPS) is 17.4. The fraction of sp³-hybridized carbons (Fsp3) is 0.769. The molecule has 1 heterocycles. The molecule has 1 aliphatic rings. The highest BCUT2D eigenvalue weighted by molar-refractivity contribution is 5.95. The van der Waals surface area contributed by atoms with Crippen LogP contribution in [0.25, 0.3) is 0 Å². The van der Waals surface area contributed by atoms with Crippen LogP contribution in [0.2, 0.25) is 0 Å². The lowest BCUT2D eigenvalue weighted by Gasteiger charge is -2.40. The van der Waals surface area contributed by atoms with Crippen LogP contribution < -0.4 is 10.6 Å². The number of nitrogens with zero attached hydrogens (tertiary/aromatic N) is 1. The minimum Gasteiger partial charge on any atom is -0.481 e. The molecule has 0 spiro atoms. The lowest BCUT2D eigenvalue weighted by atomic mass is 9.87. The Bertz CT molecular complexity index is 378. The third-order valence-corrected chi connectivity index (χ3v) is 3.37. The number of aliphatic carboxylic acids is 1. The van der Waals surface area contributed by atoms with E-state index in [1.807, 2.05) is 18.7 Å². The molecule has 0 saturated carbocycles. The summed E-state index contributed by atoms with van der Waals surface area (Å²) in [6, 6.07) is -0.486. The number of hydrogen-bond donors (Lipinski definition) is 3. The quantitative estimate of drug-likeness (QED) is 0.644. The van der Waals surface area contributed by atoms with Crippen molar-refractivity contribution >= 4 is 17.9 Å². The molecule has 0 bridgehead atoms. The Labute approximate surface area is 118 Å². The van der Waals surface area contributed by atoms with Crippen molar-refractivity contribution in [3.63, 3.8) is 0 Å². The van der Waals surface area contributed by atoms with Gasteiger partial charge in [-0.25, -0.2) is 4.79 Å². The van der Waals surface area contributed by atoms with E-state index in [0.29, 0.717) is 25.6 Å². The van der Waals surface area contributed by atoms with Crippen molar-refractivity contribution in [2.24, 2.45) is 17.8 Å². The summed E-state index contributed by atoms with van der Waals surface area (Å²) >= 11 is 0. The van der Waals surface area contributed by atoms with E-state index in [-0.39, 0.29) is 18.4 Å². The number of rotatable bonds is 6. The first-order valence-electron chi connectivity index (χ1n) is 6.82. The topological polar surface area (TPSA) is 98.7 Å². The molecule has 3 amide bonds. The smallest absolute Gasteiger partial charge is 0.321 e. The molecule has 0 radical (unpaired) electrons. The zero-order chi connectivity index (χ0) is 15.3. The van der Waals surface area contributed by atoms with Crippen LogP contribution in [0.15, 0.2) is 0 Å². The lowest BCUT2D eigenvalue weighted by Crippen LogP contribution is -2.55. The fourth-order valence-corrected chi connectivity index (χ4v) is 1.97. The molecule has 0 aliphatic carbocycles. The fourth-order valence-electron chi connectivity index (χ4n) is 1.97. The van der Waals surface area contributed by atoms with Gasteiger partial charge in [-0.2, -0.15) is 0 Å². The molecule has 7 nitrogen and oxygen atoms in total. The number of carboxylic acids is 1. The molecular weight excluding hydrogens is 262 g/mol. The SMILES string of the molecule is CC(C)CNC(=O)NC(=O)CN1CC(C(C)C(=O)O)C1. The van der Waals surface area contributed by atoms with E-state index in [1.54, 1.807) is 6.92 Å². The molecule has 1 unspecified atom stereocenters. The molecule has 1 fully saturated rings. The zero-order valence-electron chi connectivity index (χ0n) is 12.2. The first-order chi connectivity index (χ1) is 9.29. The van der Waals surface area contributed by atoms with Gasteiger partial charge in [0.1, 0.15) is 0 Å². The summed E-state index contributed by atoms with van der Waals surface area (Å²) in [6.07, 6.45) is 0. The van der Waals surface area contributed by atoms with Crippen LogP contribution in [0.4, 0.5) is 4.79 Å². The van der Waals surface area contributed by atoms with Crippen molar-refractivity contribution in [1.29, 1.82) is 0 Å². The van der Waals surface area contributed by atoms with Gasteiger partial charge >= 0.3 is 12.0 Å². The minimum atomic E-state index is -0.813. The standard InChI is InChI=1S/C13H23N3O4/c1-8(2)4-14-13(20)15-11(17)7-16-5-10(6-16)9(3)12(18)19/h8-10H,4-7H2,1-3H3,(H,18,19)(H2,14,15,17,20). The Balaban J connectivity index is 2.19. The summed E-state index contributed by atoms with van der Waals surface area (Å²) in [4.78, 5) is 35.6. The summed E-state index contributed by atoms with van der Waals surface area (Å²) in [6.45, 7) is 7.39. The Hall–Kier alpha value is -1.63. The first kappa shape index (κ1) is 16.4. The third-order valence-electron chi connectivity index (χ3n) is 3.37. The molecule has 114 valence electrons. The zero-order valence-corrected chi connectivity index (χ0v) is 12.2. The summed E-state index contributed by atoms with van der Waals surface area (Å²) in [5, 5.41) is 13.7. The number of imide groups is 1. The molecule has 0 aromatic carbocycles. The van der Waals surface area contributed by atoms with Crippen molar-refractivity contribution in [2.75, 3.05) is 26.2 Å². The van der Waals surface area contributed by atoms with Crippen molar-refractivity contribution in [3.05, 3.63) is 0 Å². The highest BCUT2D eigenvalue weighted by Gasteiger charge is 2.35. The number of amides is 3. The van der Waals surface area contributed by atoms with E-state index >= 15 is 0 Å². The van der Waals surface area contributed by atoms with Crippen molar-refractivity contribution in [1.82, 2.24) is 15.5 Å². The van der Waals surface area contributed by atoms with Gasteiger partial charge in [0, 0.05) is 19.6 Å². The van der Waals surface area contributed by atoms with E-state index in [1.165, 1.54) is 0 Å². The first-order valence-corrected chi connectivity index (χ1v) is 6.82. The van der Waals surface area contributed by atoms with E-state index in [9.17, 15) is 14.4 Å². The van der Waals surface area contributed by atoms with Crippen molar-refractivity contribution < 1.29 is 19.5 Å².